The molecule has 0 atom stereocenters. The quantitative estimate of drug-likeness (QED) is 0.484. The van der Waals surface area contributed by atoms with Crippen LogP contribution in [0.3, 0.4) is 0 Å². The zero-order valence-corrected chi connectivity index (χ0v) is 17.1. The molecule has 0 aliphatic heterocycles. The molecule has 2 heterocycles. The van der Waals surface area contributed by atoms with Crippen LogP contribution in [0.15, 0.2) is 66.9 Å². The number of imidazole rings is 1. The van der Waals surface area contributed by atoms with E-state index in [-0.39, 0.29) is 5.91 Å². The summed E-state index contributed by atoms with van der Waals surface area (Å²) in [7, 11) is 0. The summed E-state index contributed by atoms with van der Waals surface area (Å²) in [5, 5.41) is 3.69. The molecule has 6 heteroatoms. The van der Waals surface area contributed by atoms with E-state index in [4.69, 9.17) is 16.6 Å². The minimum absolute atomic E-state index is 0.124. The third kappa shape index (κ3) is 3.81. The molecule has 0 saturated heterocycles. The SMILES string of the molecule is O=C(NCc1ccccn1)c1ccc2nc(C3CC3)n(Cc3ccccc3Cl)c2c1. The molecule has 0 bridgehead atoms. The van der Waals surface area contributed by atoms with E-state index in [1.54, 1.807) is 6.20 Å². The van der Waals surface area contributed by atoms with Gasteiger partial charge in [-0.3, -0.25) is 9.78 Å². The van der Waals surface area contributed by atoms with Crippen molar-refractivity contribution < 1.29 is 4.79 Å². The summed E-state index contributed by atoms with van der Waals surface area (Å²) in [5.41, 5.74) is 4.35. The molecule has 0 radical (unpaired) electrons. The summed E-state index contributed by atoms with van der Waals surface area (Å²) in [5.74, 6) is 1.44. The van der Waals surface area contributed by atoms with Crippen molar-refractivity contribution in [3.05, 3.63) is 94.5 Å². The number of amides is 1. The maximum absolute atomic E-state index is 12.7. The van der Waals surface area contributed by atoms with Gasteiger partial charge in [0, 0.05) is 22.7 Å². The summed E-state index contributed by atoms with van der Waals surface area (Å²) >= 11 is 6.42. The van der Waals surface area contributed by atoms with E-state index in [1.807, 2.05) is 60.7 Å². The number of nitrogens with one attached hydrogen (secondary N) is 1. The molecule has 4 aromatic rings. The van der Waals surface area contributed by atoms with E-state index < -0.39 is 0 Å². The van der Waals surface area contributed by atoms with Gasteiger partial charge in [0.05, 0.1) is 29.8 Å². The van der Waals surface area contributed by atoms with E-state index in [1.165, 1.54) is 0 Å². The van der Waals surface area contributed by atoms with Gasteiger partial charge in [0.25, 0.3) is 5.91 Å². The van der Waals surface area contributed by atoms with Crippen molar-refractivity contribution in [2.75, 3.05) is 0 Å². The predicted molar refractivity (Wildman–Crippen MR) is 118 cm³/mol. The first-order valence-electron chi connectivity index (χ1n) is 10.1. The number of aromatic nitrogens is 3. The summed E-state index contributed by atoms with van der Waals surface area (Å²) in [6.07, 6.45) is 4.03. The van der Waals surface area contributed by atoms with Crippen LogP contribution in [0.2, 0.25) is 5.02 Å². The number of carbonyl (C=O) groups is 1. The van der Waals surface area contributed by atoms with E-state index in [2.05, 4.69) is 14.9 Å². The Labute approximate surface area is 179 Å². The van der Waals surface area contributed by atoms with Gasteiger partial charge in [-0.1, -0.05) is 35.9 Å². The standard InChI is InChI=1S/C24H21ClN4O/c25-20-7-2-1-5-18(20)15-29-22-13-17(10-11-21(22)28-23(29)16-8-9-16)24(30)27-14-19-6-3-4-12-26-19/h1-7,10-13,16H,8-9,14-15H2,(H,27,30). The summed E-state index contributed by atoms with van der Waals surface area (Å²) < 4.78 is 2.21. The zero-order valence-electron chi connectivity index (χ0n) is 16.4. The lowest BCUT2D eigenvalue weighted by Gasteiger charge is -2.11. The van der Waals surface area contributed by atoms with Crippen LogP contribution in [0, 0.1) is 0 Å². The molecule has 1 amide bonds. The minimum Gasteiger partial charge on any atom is -0.346 e. The highest BCUT2D eigenvalue weighted by Gasteiger charge is 2.30. The van der Waals surface area contributed by atoms with Crippen molar-refractivity contribution in [3.8, 4) is 0 Å². The fraction of sp³-hybridized carbons (Fsp3) is 0.208. The Morgan fingerprint density at radius 3 is 2.70 bits per heavy atom. The highest BCUT2D eigenvalue weighted by molar-refractivity contribution is 6.31. The Bertz CT molecular complexity index is 1210. The average Bonchev–Trinajstić information content (AvgIpc) is 3.56. The number of benzene rings is 2. The average molecular weight is 417 g/mol. The van der Waals surface area contributed by atoms with Crippen molar-refractivity contribution >= 4 is 28.5 Å². The van der Waals surface area contributed by atoms with E-state index in [9.17, 15) is 4.79 Å². The summed E-state index contributed by atoms with van der Waals surface area (Å²) in [6.45, 7) is 1.03. The third-order valence-corrected chi connectivity index (χ3v) is 5.79. The van der Waals surface area contributed by atoms with Crippen molar-refractivity contribution in [1.82, 2.24) is 19.9 Å². The number of hydrogen-bond donors (Lipinski definition) is 1. The van der Waals surface area contributed by atoms with Crippen LogP contribution >= 0.6 is 11.6 Å². The minimum atomic E-state index is -0.124. The first-order chi connectivity index (χ1) is 14.7. The molecule has 2 aromatic heterocycles. The first-order valence-corrected chi connectivity index (χ1v) is 10.5. The highest BCUT2D eigenvalue weighted by Crippen LogP contribution is 2.41. The summed E-state index contributed by atoms with van der Waals surface area (Å²) in [6, 6.07) is 19.2. The lowest BCUT2D eigenvalue weighted by molar-refractivity contribution is 0.0950. The Kier molecular flexibility index (Phi) is 4.97. The van der Waals surface area contributed by atoms with Crippen LogP contribution in [-0.2, 0) is 13.1 Å². The van der Waals surface area contributed by atoms with Gasteiger partial charge in [-0.15, -0.1) is 0 Å². The maximum atomic E-state index is 12.7. The van der Waals surface area contributed by atoms with Gasteiger partial charge in [-0.25, -0.2) is 4.98 Å². The Balaban J connectivity index is 1.47. The monoisotopic (exact) mass is 416 g/mol. The van der Waals surface area contributed by atoms with Crippen molar-refractivity contribution in [2.24, 2.45) is 0 Å². The molecule has 0 unspecified atom stereocenters. The van der Waals surface area contributed by atoms with Crippen LogP contribution in [0.5, 0.6) is 0 Å². The topological polar surface area (TPSA) is 59.8 Å². The van der Waals surface area contributed by atoms with Gasteiger partial charge in [-0.05, 0) is 54.8 Å². The van der Waals surface area contributed by atoms with Gasteiger partial charge in [-0.2, -0.15) is 0 Å². The summed E-state index contributed by atoms with van der Waals surface area (Å²) in [4.78, 5) is 21.9. The molecule has 2 aromatic carbocycles. The number of pyridine rings is 1. The van der Waals surface area contributed by atoms with Crippen LogP contribution in [0.25, 0.3) is 11.0 Å². The molecule has 5 rings (SSSR count). The fourth-order valence-corrected chi connectivity index (χ4v) is 3.87. The van der Waals surface area contributed by atoms with Gasteiger partial charge < -0.3 is 9.88 Å². The molecule has 30 heavy (non-hydrogen) atoms. The second-order valence-electron chi connectivity index (χ2n) is 7.63. The largest absolute Gasteiger partial charge is 0.346 e. The molecular weight excluding hydrogens is 396 g/mol. The molecule has 1 fully saturated rings. The number of fused-ring (bicyclic) bond motifs is 1. The molecule has 5 nitrogen and oxygen atoms in total. The van der Waals surface area contributed by atoms with Crippen molar-refractivity contribution in [2.45, 2.75) is 31.8 Å². The smallest absolute Gasteiger partial charge is 0.251 e. The van der Waals surface area contributed by atoms with E-state index in [0.717, 1.165) is 46.0 Å². The van der Waals surface area contributed by atoms with Gasteiger partial charge >= 0.3 is 0 Å². The number of hydrogen-bond acceptors (Lipinski definition) is 3. The number of nitrogens with zero attached hydrogens (tertiary/aromatic N) is 3. The van der Waals surface area contributed by atoms with Crippen molar-refractivity contribution in [1.29, 1.82) is 0 Å². The maximum Gasteiger partial charge on any atom is 0.251 e. The van der Waals surface area contributed by atoms with Crippen LogP contribution < -0.4 is 5.32 Å². The van der Waals surface area contributed by atoms with Gasteiger partial charge in [0.2, 0.25) is 0 Å². The molecule has 0 spiro atoms. The third-order valence-electron chi connectivity index (χ3n) is 5.42. The number of halogens is 1. The molecule has 150 valence electrons. The Morgan fingerprint density at radius 2 is 1.93 bits per heavy atom. The lowest BCUT2D eigenvalue weighted by Crippen LogP contribution is -2.23. The highest BCUT2D eigenvalue weighted by atomic mass is 35.5. The lowest BCUT2D eigenvalue weighted by atomic mass is 10.1. The van der Waals surface area contributed by atoms with Gasteiger partial charge in [0.15, 0.2) is 0 Å². The Morgan fingerprint density at radius 1 is 1.10 bits per heavy atom. The number of carbonyl (C=O) groups excluding carboxylic acids is 1. The molecule has 1 N–H and O–H groups in total. The molecule has 1 saturated carbocycles. The molecule has 1 aliphatic carbocycles. The van der Waals surface area contributed by atoms with Crippen LogP contribution in [0.1, 0.15) is 46.2 Å². The zero-order chi connectivity index (χ0) is 20.5. The van der Waals surface area contributed by atoms with Crippen molar-refractivity contribution in [3.63, 3.8) is 0 Å². The molecular formula is C24H21ClN4O. The normalized spacial score (nSPS) is 13.5. The second kappa shape index (κ2) is 7.92. The van der Waals surface area contributed by atoms with Crippen LogP contribution in [0.4, 0.5) is 0 Å². The first kappa shape index (κ1) is 18.8. The van der Waals surface area contributed by atoms with Crippen LogP contribution in [-0.4, -0.2) is 20.4 Å². The van der Waals surface area contributed by atoms with E-state index in [0.29, 0.717) is 24.6 Å². The Hall–Kier alpha value is -3.18. The fourth-order valence-electron chi connectivity index (χ4n) is 3.67. The van der Waals surface area contributed by atoms with E-state index >= 15 is 0 Å². The predicted octanol–water partition coefficient (Wildman–Crippen LogP) is 4.94. The molecule has 1 aliphatic rings. The number of rotatable bonds is 6. The second-order valence-corrected chi connectivity index (χ2v) is 8.04. The van der Waals surface area contributed by atoms with Gasteiger partial charge in [0.1, 0.15) is 5.82 Å².